The van der Waals surface area contributed by atoms with Crippen LogP contribution in [-0.2, 0) is 10.0 Å². The average Bonchev–Trinajstić information content (AvgIpc) is 2.29. The Morgan fingerprint density at radius 1 is 1.41 bits per heavy atom. The average molecular weight is 258 g/mol. The van der Waals surface area contributed by atoms with Crippen LogP contribution in [0.4, 0.5) is 4.39 Å². The maximum atomic E-state index is 13.6. The van der Waals surface area contributed by atoms with Crippen LogP contribution in [-0.4, -0.2) is 38.6 Å². The molecule has 0 saturated carbocycles. The summed E-state index contributed by atoms with van der Waals surface area (Å²) in [5.74, 6) is -0.305. The Labute approximate surface area is 100 Å². The van der Waals surface area contributed by atoms with Gasteiger partial charge in [-0.2, -0.15) is 4.31 Å². The molecule has 4 nitrogen and oxygen atoms in total. The molecule has 1 unspecified atom stereocenters. The van der Waals surface area contributed by atoms with E-state index in [0.29, 0.717) is 18.7 Å². The van der Waals surface area contributed by atoms with Crippen LogP contribution in [0.15, 0.2) is 24.3 Å². The molecule has 1 fully saturated rings. The van der Waals surface area contributed by atoms with Crippen LogP contribution in [0.1, 0.15) is 11.6 Å². The van der Waals surface area contributed by atoms with Crippen molar-refractivity contribution in [2.45, 2.75) is 6.04 Å². The lowest BCUT2D eigenvalue weighted by Gasteiger charge is -2.32. The normalized spacial score (nSPS) is 22.6. The lowest BCUT2D eigenvalue weighted by atomic mass is 10.1. The molecule has 6 heteroatoms. The highest BCUT2D eigenvalue weighted by Gasteiger charge is 2.27. The number of hydrogen-bond acceptors (Lipinski definition) is 3. The fraction of sp³-hybridized carbons (Fsp3) is 0.455. The second kappa shape index (κ2) is 4.72. The van der Waals surface area contributed by atoms with Crippen molar-refractivity contribution in [1.82, 2.24) is 9.62 Å². The third kappa shape index (κ3) is 2.83. The highest BCUT2D eigenvalue weighted by Crippen LogP contribution is 2.21. The molecule has 2 rings (SSSR count). The Morgan fingerprint density at radius 3 is 2.76 bits per heavy atom. The van der Waals surface area contributed by atoms with E-state index in [1.54, 1.807) is 18.2 Å². The molecular formula is C11H15FN2O2S. The second-order valence-electron chi connectivity index (χ2n) is 4.15. The Morgan fingerprint density at radius 2 is 2.12 bits per heavy atom. The summed E-state index contributed by atoms with van der Waals surface area (Å²) in [4.78, 5) is 0. The van der Waals surface area contributed by atoms with Gasteiger partial charge >= 0.3 is 0 Å². The summed E-state index contributed by atoms with van der Waals surface area (Å²) in [6, 6.07) is 6.16. The number of nitrogens with zero attached hydrogens (tertiary/aromatic N) is 1. The fourth-order valence-electron chi connectivity index (χ4n) is 1.99. The van der Waals surface area contributed by atoms with Gasteiger partial charge in [-0.1, -0.05) is 18.2 Å². The van der Waals surface area contributed by atoms with Gasteiger partial charge in [0.2, 0.25) is 10.0 Å². The summed E-state index contributed by atoms with van der Waals surface area (Å²) in [5, 5.41) is 3.13. The van der Waals surface area contributed by atoms with E-state index in [-0.39, 0.29) is 18.4 Å². The van der Waals surface area contributed by atoms with E-state index >= 15 is 0 Å². The lowest BCUT2D eigenvalue weighted by Crippen LogP contribution is -2.48. The van der Waals surface area contributed by atoms with Gasteiger partial charge in [-0.05, 0) is 6.07 Å². The summed E-state index contributed by atoms with van der Waals surface area (Å²) in [7, 11) is -3.21. The van der Waals surface area contributed by atoms with Crippen molar-refractivity contribution in [3.63, 3.8) is 0 Å². The molecule has 17 heavy (non-hydrogen) atoms. The van der Waals surface area contributed by atoms with Crippen molar-refractivity contribution in [1.29, 1.82) is 0 Å². The van der Waals surface area contributed by atoms with Gasteiger partial charge in [0.25, 0.3) is 0 Å². The van der Waals surface area contributed by atoms with Crippen LogP contribution in [0.25, 0.3) is 0 Å². The molecule has 0 aromatic heterocycles. The van der Waals surface area contributed by atoms with Crippen molar-refractivity contribution in [3.05, 3.63) is 35.6 Å². The largest absolute Gasteiger partial charge is 0.307 e. The van der Waals surface area contributed by atoms with Gasteiger partial charge in [0.15, 0.2) is 0 Å². The number of hydrogen-bond donors (Lipinski definition) is 1. The molecule has 0 amide bonds. The Balaban J connectivity index is 2.21. The van der Waals surface area contributed by atoms with E-state index in [2.05, 4.69) is 5.32 Å². The molecule has 1 saturated heterocycles. The van der Waals surface area contributed by atoms with Crippen molar-refractivity contribution >= 4 is 10.0 Å². The molecule has 1 aromatic rings. The molecule has 1 aliphatic rings. The zero-order chi connectivity index (χ0) is 12.5. The topological polar surface area (TPSA) is 49.4 Å². The number of sulfonamides is 1. The van der Waals surface area contributed by atoms with Gasteiger partial charge in [0, 0.05) is 31.2 Å². The molecule has 94 valence electrons. The molecule has 1 aromatic carbocycles. The molecule has 0 spiro atoms. The highest BCUT2D eigenvalue weighted by molar-refractivity contribution is 7.88. The monoisotopic (exact) mass is 258 g/mol. The van der Waals surface area contributed by atoms with Gasteiger partial charge in [-0.15, -0.1) is 0 Å². The fourth-order valence-corrected chi connectivity index (χ4v) is 2.83. The predicted octanol–water partition coefficient (Wildman–Crippen LogP) is 0.732. The number of rotatable bonds is 2. The van der Waals surface area contributed by atoms with E-state index in [9.17, 15) is 12.8 Å². The van der Waals surface area contributed by atoms with Crippen molar-refractivity contribution < 1.29 is 12.8 Å². The van der Waals surface area contributed by atoms with Crippen molar-refractivity contribution in [2.75, 3.05) is 25.9 Å². The van der Waals surface area contributed by atoms with Gasteiger partial charge in [0.05, 0.1) is 6.26 Å². The zero-order valence-electron chi connectivity index (χ0n) is 9.56. The predicted molar refractivity (Wildman–Crippen MR) is 63.6 cm³/mol. The summed E-state index contributed by atoms with van der Waals surface area (Å²) in [5.41, 5.74) is 0.515. The molecule has 0 radical (unpaired) electrons. The summed E-state index contributed by atoms with van der Waals surface area (Å²) in [6.45, 7) is 1.25. The first-order chi connectivity index (χ1) is 7.98. The van der Waals surface area contributed by atoms with Gasteiger partial charge in [-0.25, -0.2) is 12.8 Å². The highest BCUT2D eigenvalue weighted by atomic mass is 32.2. The smallest absolute Gasteiger partial charge is 0.211 e. The zero-order valence-corrected chi connectivity index (χ0v) is 10.4. The third-order valence-corrected chi connectivity index (χ3v) is 4.16. The van der Waals surface area contributed by atoms with Crippen LogP contribution >= 0.6 is 0 Å². The first-order valence-corrected chi connectivity index (χ1v) is 7.26. The molecule has 1 N–H and O–H groups in total. The standard InChI is InChI=1S/C11H15FN2O2S/c1-17(15,16)14-7-6-13-11(8-14)9-4-2-3-5-10(9)12/h2-5,11,13H,6-8H2,1H3. The maximum Gasteiger partial charge on any atom is 0.211 e. The van der Waals surface area contributed by atoms with Crippen LogP contribution in [0.2, 0.25) is 0 Å². The minimum absolute atomic E-state index is 0.278. The summed E-state index contributed by atoms with van der Waals surface area (Å²) in [6.07, 6.45) is 1.18. The first kappa shape index (κ1) is 12.5. The Bertz CT molecular complexity index is 504. The van der Waals surface area contributed by atoms with E-state index in [1.807, 2.05) is 0 Å². The molecule has 0 bridgehead atoms. The van der Waals surface area contributed by atoms with Gasteiger partial charge in [0.1, 0.15) is 5.82 Å². The van der Waals surface area contributed by atoms with Crippen LogP contribution in [0.3, 0.4) is 0 Å². The first-order valence-electron chi connectivity index (χ1n) is 5.41. The summed E-state index contributed by atoms with van der Waals surface area (Å²) < 4.78 is 37.9. The van der Waals surface area contributed by atoms with Crippen molar-refractivity contribution in [2.24, 2.45) is 0 Å². The Kier molecular flexibility index (Phi) is 3.46. The second-order valence-corrected chi connectivity index (χ2v) is 6.13. The molecule has 1 aliphatic heterocycles. The molecule has 0 aliphatic carbocycles. The maximum absolute atomic E-state index is 13.6. The number of halogens is 1. The quantitative estimate of drug-likeness (QED) is 0.851. The van der Waals surface area contributed by atoms with Gasteiger partial charge < -0.3 is 5.32 Å². The van der Waals surface area contributed by atoms with Crippen LogP contribution in [0, 0.1) is 5.82 Å². The van der Waals surface area contributed by atoms with E-state index < -0.39 is 10.0 Å². The number of benzene rings is 1. The lowest BCUT2D eigenvalue weighted by molar-refractivity contribution is 0.299. The minimum Gasteiger partial charge on any atom is -0.307 e. The molecular weight excluding hydrogens is 243 g/mol. The Hall–Kier alpha value is -0.980. The van der Waals surface area contributed by atoms with E-state index in [1.165, 1.54) is 16.6 Å². The number of piperazine rings is 1. The summed E-state index contributed by atoms with van der Waals surface area (Å²) >= 11 is 0. The van der Waals surface area contributed by atoms with E-state index in [0.717, 1.165) is 0 Å². The number of nitrogens with one attached hydrogen (secondary N) is 1. The van der Waals surface area contributed by atoms with Crippen LogP contribution in [0.5, 0.6) is 0 Å². The van der Waals surface area contributed by atoms with Crippen LogP contribution < -0.4 is 5.32 Å². The van der Waals surface area contributed by atoms with E-state index in [4.69, 9.17) is 0 Å². The van der Waals surface area contributed by atoms with Crippen molar-refractivity contribution in [3.8, 4) is 0 Å². The third-order valence-electron chi connectivity index (χ3n) is 2.89. The molecule has 1 heterocycles. The molecule has 1 atom stereocenters. The SMILES string of the molecule is CS(=O)(=O)N1CCNC(c2ccccc2F)C1. The minimum atomic E-state index is -3.21. The van der Waals surface area contributed by atoms with Gasteiger partial charge in [-0.3, -0.25) is 0 Å².